The second kappa shape index (κ2) is 18.0. The van der Waals surface area contributed by atoms with Crippen molar-refractivity contribution in [2.24, 2.45) is 0 Å². The van der Waals surface area contributed by atoms with E-state index in [9.17, 15) is 0 Å². The maximum Gasteiger partial charge on any atom is 0.118 e. The summed E-state index contributed by atoms with van der Waals surface area (Å²) >= 11 is 0. The van der Waals surface area contributed by atoms with Crippen molar-refractivity contribution in [3.8, 4) is 0 Å². The molecule has 0 atom stereocenters. The molecule has 0 aliphatic rings. The van der Waals surface area contributed by atoms with Crippen molar-refractivity contribution < 1.29 is 9.47 Å². The molecule has 0 aromatic carbocycles. The quantitative estimate of drug-likeness (QED) is 0.223. The van der Waals surface area contributed by atoms with Crippen molar-refractivity contribution in [3.05, 3.63) is 35.6 Å². The first kappa shape index (κ1) is 21.3. The molecule has 0 aliphatic carbocycles. The average Bonchev–Trinajstić information content (AvgIpc) is 2.46. The van der Waals surface area contributed by atoms with Crippen LogP contribution in [0.4, 0.5) is 0 Å². The SMILES string of the molecule is CC.CC/C=C\C(OC/C=C/CCCOCC)=C(C)C. The number of allylic oxidation sites excluding steroid dienone is 4. The summed E-state index contributed by atoms with van der Waals surface area (Å²) < 4.78 is 11.0. The third kappa shape index (κ3) is 15.0. The number of rotatable bonds is 10. The Bertz CT molecular complexity index is 271. The van der Waals surface area contributed by atoms with Gasteiger partial charge >= 0.3 is 0 Å². The molecule has 118 valence electrons. The van der Waals surface area contributed by atoms with Gasteiger partial charge in [0.05, 0.1) is 0 Å². The van der Waals surface area contributed by atoms with Gasteiger partial charge in [0, 0.05) is 13.2 Å². The van der Waals surface area contributed by atoms with Crippen LogP contribution in [0.1, 0.15) is 60.8 Å². The fourth-order valence-electron chi connectivity index (χ4n) is 1.36. The first-order valence-electron chi connectivity index (χ1n) is 7.91. The van der Waals surface area contributed by atoms with Gasteiger partial charge in [-0.2, -0.15) is 0 Å². The van der Waals surface area contributed by atoms with Crippen molar-refractivity contribution in [2.75, 3.05) is 19.8 Å². The van der Waals surface area contributed by atoms with Crippen molar-refractivity contribution in [2.45, 2.75) is 60.8 Å². The fourth-order valence-corrected chi connectivity index (χ4v) is 1.36. The molecule has 0 fully saturated rings. The van der Waals surface area contributed by atoms with Crippen LogP contribution in [0.3, 0.4) is 0 Å². The first-order valence-corrected chi connectivity index (χ1v) is 7.91. The van der Waals surface area contributed by atoms with Crippen molar-refractivity contribution in [1.29, 1.82) is 0 Å². The molecule has 2 nitrogen and oxygen atoms in total. The second-order valence-electron chi connectivity index (χ2n) is 4.30. The lowest BCUT2D eigenvalue weighted by Crippen LogP contribution is -1.93. The standard InChI is InChI=1S/C16H28O2.C2H6/c1-5-7-12-16(15(3)4)18-14-11-9-8-10-13-17-6-2;1-2/h7,9,11-12H,5-6,8,10,13-14H2,1-4H3;1-2H3/b11-9+,12-7-;. The van der Waals surface area contributed by atoms with Crippen LogP contribution in [0.5, 0.6) is 0 Å². The third-order valence-electron chi connectivity index (χ3n) is 2.36. The van der Waals surface area contributed by atoms with E-state index in [-0.39, 0.29) is 0 Å². The zero-order valence-corrected chi connectivity index (χ0v) is 14.4. The van der Waals surface area contributed by atoms with E-state index in [0.29, 0.717) is 6.61 Å². The van der Waals surface area contributed by atoms with Gasteiger partial charge in [-0.15, -0.1) is 0 Å². The molecule has 0 bridgehead atoms. The smallest absolute Gasteiger partial charge is 0.118 e. The normalized spacial score (nSPS) is 10.5. The van der Waals surface area contributed by atoms with Crippen LogP contribution in [0.15, 0.2) is 35.6 Å². The summed E-state index contributed by atoms with van der Waals surface area (Å²) in [4.78, 5) is 0. The lowest BCUT2D eigenvalue weighted by molar-refractivity contribution is 0.145. The molecule has 0 spiro atoms. The zero-order valence-electron chi connectivity index (χ0n) is 14.4. The van der Waals surface area contributed by atoms with E-state index in [0.717, 1.165) is 38.2 Å². The average molecular weight is 282 g/mol. The van der Waals surface area contributed by atoms with Gasteiger partial charge in [-0.25, -0.2) is 0 Å². The van der Waals surface area contributed by atoms with Gasteiger partial charge in [0.25, 0.3) is 0 Å². The Balaban J connectivity index is 0. The number of hydrogen-bond acceptors (Lipinski definition) is 2. The zero-order chi connectivity index (χ0) is 15.6. The topological polar surface area (TPSA) is 18.5 Å². The maximum atomic E-state index is 5.71. The monoisotopic (exact) mass is 282 g/mol. The molecule has 0 aromatic heterocycles. The van der Waals surface area contributed by atoms with Gasteiger partial charge in [0.15, 0.2) is 0 Å². The highest BCUT2D eigenvalue weighted by Gasteiger charge is 1.94. The molecule has 0 rings (SSSR count). The van der Waals surface area contributed by atoms with Crippen molar-refractivity contribution in [3.63, 3.8) is 0 Å². The molecule has 0 radical (unpaired) electrons. The Labute approximate surface area is 126 Å². The molecule has 0 unspecified atom stereocenters. The molecule has 0 saturated heterocycles. The minimum Gasteiger partial charge on any atom is -0.490 e. The Morgan fingerprint density at radius 2 is 1.70 bits per heavy atom. The summed E-state index contributed by atoms with van der Waals surface area (Å²) in [6, 6.07) is 0. The predicted octanol–water partition coefficient (Wildman–Crippen LogP) is 5.66. The molecule has 0 amide bonds. The van der Waals surface area contributed by atoms with Crippen LogP contribution in [-0.2, 0) is 9.47 Å². The van der Waals surface area contributed by atoms with Gasteiger partial charge in [0.1, 0.15) is 12.4 Å². The van der Waals surface area contributed by atoms with Crippen molar-refractivity contribution >= 4 is 0 Å². The van der Waals surface area contributed by atoms with Crippen LogP contribution >= 0.6 is 0 Å². The number of hydrogen-bond donors (Lipinski definition) is 0. The summed E-state index contributed by atoms with van der Waals surface area (Å²) in [6.07, 6.45) is 11.6. The number of ether oxygens (including phenoxy) is 2. The van der Waals surface area contributed by atoms with Crippen LogP contribution in [0.2, 0.25) is 0 Å². The van der Waals surface area contributed by atoms with Crippen LogP contribution < -0.4 is 0 Å². The Morgan fingerprint density at radius 3 is 2.25 bits per heavy atom. The third-order valence-corrected chi connectivity index (χ3v) is 2.36. The van der Waals surface area contributed by atoms with Crippen LogP contribution in [0.25, 0.3) is 0 Å². The summed E-state index contributed by atoms with van der Waals surface area (Å²) in [5, 5.41) is 0. The molecule has 0 heterocycles. The Morgan fingerprint density at radius 1 is 1.00 bits per heavy atom. The molecule has 0 aliphatic heterocycles. The summed E-state index contributed by atoms with van der Waals surface area (Å²) in [5.74, 6) is 0.982. The van der Waals surface area contributed by atoms with Crippen molar-refractivity contribution in [1.82, 2.24) is 0 Å². The van der Waals surface area contributed by atoms with E-state index in [1.807, 2.05) is 20.8 Å². The fraction of sp³-hybridized carbons (Fsp3) is 0.667. The first-order chi connectivity index (χ1) is 9.72. The highest BCUT2D eigenvalue weighted by Crippen LogP contribution is 2.07. The molecular weight excluding hydrogens is 248 g/mol. The molecule has 2 heteroatoms. The van der Waals surface area contributed by atoms with Crippen LogP contribution in [0, 0.1) is 0 Å². The van der Waals surface area contributed by atoms with Gasteiger partial charge < -0.3 is 9.47 Å². The summed E-state index contributed by atoms with van der Waals surface area (Å²) in [6.45, 7) is 14.6. The van der Waals surface area contributed by atoms with E-state index >= 15 is 0 Å². The minimum absolute atomic E-state index is 0.642. The van der Waals surface area contributed by atoms with E-state index in [1.54, 1.807) is 0 Å². The van der Waals surface area contributed by atoms with Gasteiger partial charge in [-0.3, -0.25) is 0 Å². The molecule has 0 saturated carbocycles. The van der Waals surface area contributed by atoms with E-state index < -0.39 is 0 Å². The lowest BCUT2D eigenvalue weighted by Gasteiger charge is -2.06. The van der Waals surface area contributed by atoms with Gasteiger partial charge in [-0.05, 0) is 51.7 Å². The Hall–Kier alpha value is -1.02. The number of unbranched alkanes of at least 4 members (excludes halogenated alkanes) is 1. The van der Waals surface area contributed by atoms with Gasteiger partial charge in [-0.1, -0.05) is 39.0 Å². The van der Waals surface area contributed by atoms with Crippen LogP contribution in [-0.4, -0.2) is 19.8 Å². The molecule has 0 N–H and O–H groups in total. The molecule has 0 aromatic rings. The maximum absolute atomic E-state index is 5.71. The largest absolute Gasteiger partial charge is 0.490 e. The molecule has 20 heavy (non-hydrogen) atoms. The lowest BCUT2D eigenvalue weighted by atomic mass is 10.2. The highest BCUT2D eigenvalue weighted by atomic mass is 16.5. The van der Waals surface area contributed by atoms with E-state index in [2.05, 4.69) is 45.1 Å². The Kier molecular flexibility index (Phi) is 19.1. The van der Waals surface area contributed by atoms with E-state index in [1.165, 1.54) is 5.57 Å². The second-order valence-corrected chi connectivity index (χ2v) is 4.30. The predicted molar refractivity (Wildman–Crippen MR) is 90.0 cm³/mol. The van der Waals surface area contributed by atoms with E-state index in [4.69, 9.17) is 9.47 Å². The molecular formula is C18H34O2. The highest BCUT2D eigenvalue weighted by molar-refractivity contribution is 5.17. The summed E-state index contributed by atoms with van der Waals surface area (Å²) in [5.41, 5.74) is 1.21. The minimum atomic E-state index is 0.642. The summed E-state index contributed by atoms with van der Waals surface area (Å²) in [7, 11) is 0. The van der Waals surface area contributed by atoms with Gasteiger partial charge in [0.2, 0.25) is 0 Å².